The largest absolute Gasteiger partial charge is 0.431 e. The van der Waals surface area contributed by atoms with Gasteiger partial charge in [-0.15, -0.1) is 12.6 Å². The number of alkyl halides is 3. The van der Waals surface area contributed by atoms with Crippen LogP contribution in [0.15, 0.2) is 27.8 Å². The Hall–Kier alpha value is -1.15. The Morgan fingerprint density at radius 1 is 1.41 bits per heavy atom. The van der Waals surface area contributed by atoms with Crippen molar-refractivity contribution in [3.8, 4) is 0 Å². The van der Waals surface area contributed by atoms with Gasteiger partial charge in [-0.05, 0) is 30.0 Å². The Morgan fingerprint density at radius 2 is 2.12 bits per heavy atom. The molecule has 90 valence electrons. The van der Waals surface area contributed by atoms with Crippen molar-refractivity contribution in [1.29, 1.82) is 5.41 Å². The van der Waals surface area contributed by atoms with Crippen LogP contribution in [-0.4, -0.2) is 9.36 Å². The van der Waals surface area contributed by atoms with E-state index in [-0.39, 0.29) is 20.7 Å². The predicted molar refractivity (Wildman–Crippen MR) is 61.6 cm³/mol. The summed E-state index contributed by atoms with van der Waals surface area (Å²) in [4.78, 5) is 3.83. The predicted octanol–water partition coefficient (Wildman–Crippen LogP) is 3.80. The molecule has 8 heteroatoms. The molecule has 0 amide bonds. The van der Waals surface area contributed by atoms with Crippen LogP contribution in [0.1, 0.15) is 5.56 Å². The van der Waals surface area contributed by atoms with Gasteiger partial charge in [-0.1, -0.05) is 0 Å². The standard InChI is InChI=1S/C9H5F3N2OS2/c10-9(11,12)4-1-2-6-5(3-4)14-8(15-6)17-7(13)16/h1-3H,(H2,13,16). The minimum Gasteiger partial charge on any atom is -0.431 e. The zero-order valence-corrected chi connectivity index (χ0v) is 9.79. The molecule has 3 nitrogen and oxygen atoms in total. The van der Waals surface area contributed by atoms with Crippen molar-refractivity contribution >= 4 is 39.9 Å². The van der Waals surface area contributed by atoms with Gasteiger partial charge in [-0.25, -0.2) is 4.98 Å². The fraction of sp³-hybridized carbons (Fsp3) is 0.111. The Balaban J connectivity index is 2.44. The summed E-state index contributed by atoms with van der Waals surface area (Å²) in [6.07, 6.45) is -4.41. The minimum absolute atomic E-state index is 0.0485. The Morgan fingerprint density at radius 3 is 2.71 bits per heavy atom. The van der Waals surface area contributed by atoms with Gasteiger partial charge in [-0.3, -0.25) is 5.41 Å². The van der Waals surface area contributed by atoms with Gasteiger partial charge in [0.2, 0.25) is 0 Å². The molecule has 0 spiro atoms. The molecule has 0 aliphatic carbocycles. The number of oxazole rings is 1. The summed E-state index contributed by atoms with van der Waals surface area (Å²) in [7, 11) is 0. The third kappa shape index (κ3) is 2.75. The van der Waals surface area contributed by atoms with Gasteiger partial charge < -0.3 is 4.42 Å². The van der Waals surface area contributed by atoms with Crippen LogP contribution >= 0.6 is 24.4 Å². The Kier molecular flexibility index (Phi) is 3.09. The first-order valence-corrected chi connectivity index (χ1v) is 5.56. The lowest BCUT2D eigenvalue weighted by Gasteiger charge is -2.04. The highest BCUT2D eigenvalue weighted by Crippen LogP contribution is 2.32. The zero-order valence-electron chi connectivity index (χ0n) is 8.08. The molecule has 17 heavy (non-hydrogen) atoms. The maximum Gasteiger partial charge on any atom is 0.416 e. The molecule has 1 heterocycles. The lowest BCUT2D eigenvalue weighted by Crippen LogP contribution is -2.03. The van der Waals surface area contributed by atoms with Crippen molar-refractivity contribution in [3.63, 3.8) is 0 Å². The van der Waals surface area contributed by atoms with Gasteiger partial charge in [-0.2, -0.15) is 13.2 Å². The molecule has 0 fully saturated rings. The van der Waals surface area contributed by atoms with E-state index < -0.39 is 11.7 Å². The smallest absolute Gasteiger partial charge is 0.416 e. The molecule has 0 radical (unpaired) electrons. The number of fused-ring (bicyclic) bond motifs is 1. The van der Waals surface area contributed by atoms with E-state index in [1.54, 1.807) is 0 Å². The van der Waals surface area contributed by atoms with Crippen LogP contribution in [0.5, 0.6) is 0 Å². The zero-order chi connectivity index (χ0) is 12.6. The van der Waals surface area contributed by atoms with Crippen LogP contribution in [-0.2, 0) is 6.18 Å². The van der Waals surface area contributed by atoms with E-state index in [1.165, 1.54) is 6.07 Å². The number of hydrogen-bond acceptors (Lipinski definition) is 4. The number of nitrogens with one attached hydrogen (secondary N) is 1. The number of thioether (sulfide) groups is 1. The SMILES string of the molecule is N=C(S)Sc1nc2cc(C(F)(F)F)ccc2o1. The summed E-state index contributed by atoms with van der Waals surface area (Å²) in [5, 5.41) is 7.19. The van der Waals surface area contributed by atoms with Gasteiger partial charge in [0.25, 0.3) is 5.22 Å². The quantitative estimate of drug-likeness (QED) is 0.361. The lowest BCUT2D eigenvalue weighted by molar-refractivity contribution is -0.137. The van der Waals surface area contributed by atoms with E-state index in [1.807, 2.05) is 0 Å². The molecule has 0 saturated heterocycles. The second-order valence-corrected chi connectivity index (χ2v) is 4.78. The number of nitrogens with zero attached hydrogens (tertiary/aromatic N) is 1. The molecule has 0 aliphatic heterocycles. The van der Waals surface area contributed by atoms with E-state index >= 15 is 0 Å². The van der Waals surface area contributed by atoms with Crippen LogP contribution in [0.2, 0.25) is 0 Å². The minimum atomic E-state index is -4.41. The second kappa shape index (κ2) is 4.26. The van der Waals surface area contributed by atoms with Gasteiger partial charge in [0.05, 0.1) is 5.56 Å². The van der Waals surface area contributed by atoms with Gasteiger partial charge in [0.15, 0.2) is 5.58 Å². The molecule has 0 saturated carbocycles. The van der Waals surface area contributed by atoms with Crippen LogP contribution in [0.4, 0.5) is 13.2 Å². The van der Waals surface area contributed by atoms with Crippen molar-refractivity contribution < 1.29 is 17.6 Å². The molecule has 2 rings (SSSR count). The van der Waals surface area contributed by atoms with Gasteiger partial charge >= 0.3 is 6.18 Å². The first kappa shape index (κ1) is 12.3. The molecule has 0 atom stereocenters. The fourth-order valence-corrected chi connectivity index (χ4v) is 1.88. The third-order valence-corrected chi connectivity index (χ3v) is 2.70. The number of rotatable bonds is 1. The lowest BCUT2D eigenvalue weighted by atomic mass is 10.2. The highest BCUT2D eigenvalue weighted by Gasteiger charge is 2.31. The summed E-state index contributed by atoms with van der Waals surface area (Å²) < 4.78 is 42.4. The first-order valence-electron chi connectivity index (χ1n) is 4.29. The average molecular weight is 278 g/mol. The maximum atomic E-state index is 12.4. The highest BCUT2D eigenvalue weighted by molar-refractivity contribution is 8.32. The van der Waals surface area contributed by atoms with Crippen molar-refractivity contribution in [2.75, 3.05) is 0 Å². The molecule has 1 aromatic heterocycles. The molecule has 1 N–H and O–H groups in total. The Bertz CT molecular complexity index is 579. The number of benzene rings is 1. The molecule has 2 aromatic rings. The summed E-state index contributed by atoms with van der Waals surface area (Å²) in [5.41, 5.74) is -0.428. The van der Waals surface area contributed by atoms with E-state index in [4.69, 9.17) is 9.83 Å². The molecular formula is C9H5F3N2OS2. The number of thiol groups is 1. The number of hydrogen-bond donors (Lipinski definition) is 2. The number of aromatic nitrogens is 1. The van der Waals surface area contributed by atoms with Crippen LogP contribution in [0.25, 0.3) is 11.1 Å². The van der Waals surface area contributed by atoms with Crippen molar-refractivity contribution in [1.82, 2.24) is 4.98 Å². The molecule has 0 aliphatic rings. The van der Waals surface area contributed by atoms with Crippen LogP contribution in [0, 0.1) is 5.41 Å². The Labute approximate surface area is 103 Å². The van der Waals surface area contributed by atoms with Crippen molar-refractivity contribution in [3.05, 3.63) is 23.8 Å². The highest BCUT2D eigenvalue weighted by atomic mass is 32.2. The molecule has 0 unspecified atom stereocenters. The van der Waals surface area contributed by atoms with E-state index in [0.29, 0.717) is 0 Å². The topological polar surface area (TPSA) is 49.9 Å². The van der Waals surface area contributed by atoms with Crippen molar-refractivity contribution in [2.24, 2.45) is 0 Å². The van der Waals surface area contributed by atoms with Crippen molar-refractivity contribution in [2.45, 2.75) is 11.4 Å². The summed E-state index contributed by atoms with van der Waals surface area (Å²) in [6.45, 7) is 0. The first-order chi connectivity index (χ1) is 7.86. The fourth-order valence-electron chi connectivity index (χ4n) is 1.21. The van der Waals surface area contributed by atoms with Gasteiger partial charge in [0.1, 0.15) is 9.89 Å². The van der Waals surface area contributed by atoms with E-state index in [0.717, 1.165) is 23.9 Å². The maximum absolute atomic E-state index is 12.4. The summed E-state index contributed by atoms with van der Waals surface area (Å²) >= 11 is 4.55. The average Bonchev–Trinajstić information content (AvgIpc) is 2.55. The van der Waals surface area contributed by atoms with Crippen LogP contribution in [0.3, 0.4) is 0 Å². The number of halogens is 3. The molecule has 0 bridgehead atoms. The monoisotopic (exact) mass is 278 g/mol. The van der Waals surface area contributed by atoms with E-state index in [9.17, 15) is 13.2 Å². The van der Waals surface area contributed by atoms with E-state index in [2.05, 4.69) is 17.6 Å². The molecule has 1 aromatic carbocycles. The normalized spacial score (nSPS) is 12.0. The summed E-state index contributed by atoms with van der Waals surface area (Å²) in [6, 6.07) is 3.04. The summed E-state index contributed by atoms with van der Waals surface area (Å²) in [5.74, 6) is 0. The molecular weight excluding hydrogens is 273 g/mol. The third-order valence-electron chi connectivity index (χ3n) is 1.88. The van der Waals surface area contributed by atoms with Crippen LogP contribution < -0.4 is 0 Å². The second-order valence-electron chi connectivity index (χ2n) is 3.07. The van der Waals surface area contributed by atoms with Gasteiger partial charge in [0, 0.05) is 0 Å².